The molecule has 5 nitrogen and oxygen atoms in total. The number of hydrogen-bond donors (Lipinski definition) is 0. The first-order valence-electron chi connectivity index (χ1n) is 8.52. The molecule has 6 heteroatoms. The van der Waals surface area contributed by atoms with Gasteiger partial charge in [0.2, 0.25) is 0 Å². The van der Waals surface area contributed by atoms with Crippen LogP contribution in [0.3, 0.4) is 0 Å². The molecule has 1 saturated heterocycles. The first-order valence-corrected chi connectivity index (χ1v) is 9.34. The second kappa shape index (κ2) is 6.26. The van der Waals surface area contributed by atoms with Gasteiger partial charge in [0.15, 0.2) is 5.82 Å². The number of carbonyl (C=O) groups is 1. The molecule has 2 aromatic heterocycles. The van der Waals surface area contributed by atoms with E-state index in [2.05, 4.69) is 16.9 Å². The predicted octanol–water partition coefficient (Wildman–Crippen LogP) is 2.81. The number of likely N-dealkylation sites (N-methyl/N-ethyl adjacent to an activating group) is 1. The van der Waals surface area contributed by atoms with Crippen LogP contribution in [0.25, 0.3) is 0 Å². The van der Waals surface area contributed by atoms with Gasteiger partial charge in [-0.05, 0) is 38.9 Å². The van der Waals surface area contributed by atoms with E-state index in [0.29, 0.717) is 0 Å². The lowest BCUT2D eigenvalue weighted by Gasteiger charge is -2.27. The molecule has 0 radical (unpaired) electrons. The number of aromatic nitrogens is 2. The van der Waals surface area contributed by atoms with Crippen molar-refractivity contribution in [2.75, 3.05) is 20.1 Å². The topological polar surface area (TPSA) is 49.3 Å². The van der Waals surface area contributed by atoms with E-state index in [9.17, 15) is 4.79 Å². The van der Waals surface area contributed by atoms with Crippen molar-refractivity contribution in [3.05, 3.63) is 45.2 Å². The Morgan fingerprint density at radius 2 is 2.21 bits per heavy atom. The summed E-state index contributed by atoms with van der Waals surface area (Å²) in [5.41, 5.74) is 2.38. The zero-order valence-electron chi connectivity index (χ0n) is 14.2. The lowest BCUT2D eigenvalue weighted by atomic mass is 10.1. The molecule has 0 aromatic carbocycles. The number of thiophene rings is 1. The van der Waals surface area contributed by atoms with Crippen molar-refractivity contribution < 1.29 is 4.79 Å². The Bertz CT molecular complexity index is 772. The number of fused-ring (bicyclic) bond motifs is 1. The van der Waals surface area contributed by atoms with E-state index in [1.165, 1.54) is 10.4 Å². The van der Waals surface area contributed by atoms with E-state index in [-0.39, 0.29) is 11.9 Å². The van der Waals surface area contributed by atoms with Gasteiger partial charge in [-0.3, -0.25) is 4.79 Å². The van der Waals surface area contributed by atoms with Crippen LogP contribution in [0.15, 0.2) is 18.3 Å². The average Bonchev–Trinajstić information content (AvgIpc) is 3.22. The standard InChI is InChI=1S/C18H22N4OS/c1-12-5-6-16(24-12)18(23)22-8-3-4-15(22)17-19-10-13-11-21(2)9-7-14(13)20-17/h5-6,10,15H,3-4,7-9,11H2,1-2H3/t15-/m0/s1. The van der Waals surface area contributed by atoms with Crippen LogP contribution in [0.5, 0.6) is 0 Å². The molecule has 1 fully saturated rings. The Kier molecular flexibility index (Phi) is 4.10. The average molecular weight is 342 g/mol. The Morgan fingerprint density at radius 1 is 1.33 bits per heavy atom. The SMILES string of the molecule is Cc1ccc(C(=O)N2CCC[C@H]2c2ncc3c(n2)CCN(C)C3)s1. The first kappa shape index (κ1) is 15.7. The lowest BCUT2D eigenvalue weighted by molar-refractivity contribution is 0.0734. The fraction of sp³-hybridized carbons (Fsp3) is 0.500. The summed E-state index contributed by atoms with van der Waals surface area (Å²) in [5.74, 6) is 0.939. The van der Waals surface area contributed by atoms with Crippen LogP contribution >= 0.6 is 11.3 Å². The summed E-state index contributed by atoms with van der Waals surface area (Å²) in [7, 11) is 2.12. The summed E-state index contributed by atoms with van der Waals surface area (Å²) in [6.45, 7) is 4.78. The Morgan fingerprint density at radius 3 is 3.00 bits per heavy atom. The largest absolute Gasteiger partial charge is 0.328 e. The molecule has 2 aliphatic rings. The van der Waals surface area contributed by atoms with Crippen LogP contribution in [0.1, 0.15) is 50.5 Å². The predicted molar refractivity (Wildman–Crippen MR) is 94.1 cm³/mol. The first-order chi connectivity index (χ1) is 11.6. The summed E-state index contributed by atoms with van der Waals surface area (Å²) in [5, 5.41) is 0. The molecule has 4 heterocycles. The van der Waals surface area contributed by atoms with E-state index in [1.807, 2.05) is 30.2 Å². The molecule has 1 atom stereocenters. The molecule has 1 amide bonds. The molecular weight excluding hydrogens is 320 g/mol. The normalized spacial score (nSPS) is 21.1. The summed E-state index contributed by atoms with van der Waals surface area (Å²) < 4.78 is 0. The summed E-state index contributed by atoms with van der Waals surface area (Å²) >= 11 is 1.57. The van der Waals surface area contributed by atoms with Crippen molar-refractivity contribution in [1.82, 2.24) is 19.8 Å². The third-order valence-electron chi connectivity index (χ3n) is 4.91. The molecule has 4 rings (SSSR count). The summed E-state index contributed by atoms with van der Waals surface area (Å²) in [6.07, 6.45) is 4.90. The van der Waals surface area contributed by atoms with Crippen molar-refractivity contribution in [2.24, 2.45) is 0 Å². The minimum atomic E-state index is 0.0184. The molecule has 0 unspecified atom stereocenters. The summed E-state index contributed by atoms with van der Waals surface area (Å²) in [6, 6.07) is 3.96. The maximum Gasteiger partial charge on any atom is 0.264 e. The lowest BCUT2D eigenvalue weighted by Crippen LogP contribution is -2.32. The highest BCUT2D eigenvalue weighted by atomic mass is 32.1. The highest BCUT2D eigenvalue weighted by molar-refractivity contribution is 7.13. The number of likely N-dealkylation sites (tertiary alicyclic amines) is 1. The van der Waals surface area contributed by atoms with Crippen LogP contribution in [0.4, 0.5) is 0 Å². The molecule has 0 N–H and O–H groups in total. The van der Waals surface area contributed by atoms with Crippen molar-refractivity contribution in [2.45, 2.75) is 38.8 Å². The maximum atomic E-state index is 12.8. The molecule has 0 bridgehead atoms. The van der Waals surface area contributed by atoms with Crippen molar-refractivity contribution in [3.8, 4) is 0 Å². The Hall–Kier alpha value is -1.79. The van der Waals surface area contributed by atoms with Crippen molar-refractivity contribution in [1.29, 1.82) is 0 Å². The van der Waals surface area contributed by atoms with Crippen LogP contribution in [-0.2, 0) is 13.0 Å². The maximum absolute atomic E-state index is 12.8. The van der Waals surface area contributed by atoms with Crippen LogP contribution in [0, 0.1) is 6.92 Å². The highest BCUT2D eigenvalue weighted by Gasteiger charge is 2.33. The number of amides is 1. The number of nitrogens with zero attached hydrogens (tertiary/aromatic N) is 4. The van der Waals surface area contributed by atoms with E-state index in [1.54, 1.807) is 11.3 Å². The molecule has 2 aromatic rings. The zero-order chi connectivity index (χ0) is 16.7. The van der Waals surface area contributed by atoms with E-state index in [4.69, 9.17) is 4.98 Å². The fourth-order valence-corrected chi connectivity index (χ4v) is 4.43. The van der Waals surface area contributed by atoms with E-state index < -0.39 is 0 Å². The van der Waals surface area contributed by atoms with Gasteiger partial charge in [-0.1, -0.05) is 0 Å². The van der Waals surface area contributed by atoms with Crippen molar-refractivity contribution >= 4 is 17.2 Å². The van der Waals surface area contributed by atoms with Gasteiger partial charge in [-0.2, -0.15) is 0 Å². The molecule has 0 spiro atoms. The van der Waals surface area contributed by atoms with Crippen molar-refractivity contribution in [3.63, 3.8) is 0 Å². The quantitative estimate of drug-likeness (QED) is 0.842. The highest BCUT2D eigenvalue weighted by Crippen LogP contribution is 2.33. The van der Waals surface area contributed by atoms with Gasteiger partial charge in [0.25, 0.3) is 5.91 Å². The summed E-state index contributed by atoms with van der Waals surface area (Å²) in [4.78, 5) is 28.5. The Balaban J connectivity index is 1.60. The molecule has 24 heavy (non-hydrogen) atoms. The fourth-order valence-electron chi connectivity index (χ4n) is 3.60. The molecule has 0 aliphatic carbocycles. The van der Waals surface area contributed by atoms with Gasteiger partial charge in [-0.25, -0.2) is 9.97 Å². The minimum Gasteiger partial charge on any atom is -0.328 e. The molecular formula is C18H22N4OS. The number of rotatable bonds is 2. The monoisotopic (exact) mass is 342 g/mol. The van der Waals surface area contributed by atoms with Crippen LogP contribution < -0.4 is 0 Å². The zero-order valence-corrected chi connectivity index (χ0v) is 15.0. The van der Waals surface area contributed by atoms with Crippen LogP contribution in [-0.4, -0.2) is 45.8 Å². The number of aryl methyl sites for hydroxylation is 1. The van der Waals surface area contributed by atoms with Gasteiger partial charge in [0.05, 0.1) is 10.9 Å². The van der Waals surface area contributed by atoms with Gasteiger partial charge in [0, 0.05) is 48.4 Å². The molecule has 0 saturated carbocycles. The minimum absolute atomic E-state index is 0.0184. The molecule has 2 aliphatic heterocycles. The second-order valence-electron chi connectivity index (χ2n) is 6.75. The smallest absolute Gasteiger partial charge is 0.264 e. The third kappa shape index (κ3) is 2.84. The van der Waals surface area contributed by atoms with E-state index >= 15 is 0 Å². The van der Waals surface area contributed by atoms with Gasteiger partial charge < -0.3 is 9.80 Å². The van der Waals surface area contributed by atoms with Gasteiger partial charge in [-0.15, -0.1) is 11.3 Å². The van der Waals surface area contributed by atoms with E-state index in [0.717, 1.165) is 55.3 Å². The molecule has 126 valence electrons. The third-order valence-corrected chi connectivity index (χ3v) is 5.89. The second-order valence-corrected chi connectivity index (χ2v) is 8.04. The number of carbonyl (C=O) groups excluding carboxylic acids is 1. The van der Waals surface area contributed by atoms with Crippen LogP contribution in [0.2, 0.25) is 0 Å². The van der Waals surface area contributed by atoms with Gasteiger partial charge >= 0.3 is 0 Å². The number of hydrogen-bond acceptors (Lipinski definition) is 5. The van der Waals surface area contributed by atoms with Gasteiger partial charge in [0.1, 0.15) is 0 Å². The Labute approximate surface area is 146 Å².